The number of hydrogen-bond donors (Lipinski definition) is 0. The topological polar surface area (TPSA) is 88.1 Å². The molecule has 1 saturated carbocycles. The Morgan fingerprint density at radius 2 is 1.80 bits per heavy atom. The monoisotopic (exact) mass is 442 g/mol. The molecule has 8 heteroatoms. The van der Waals surface area contributed by atoms with Gasteiger partial charge in [-0.3, -0.25) is 4.18 Å². The Hall–Kier alpha value is -1.48. The molecule has 0 bridgehead atoms. The van der Waals surface area contributed by atoms with Crippen molar-refractivity contribution in [3.63, 3.8) is 0 Å². The predicted molar refractivity (Wildman–Crippen MR) is 113 cm³/mol. The Bertz CT molecular complexity index is 775. The van der Waals surface area contributed by atoms with E-state index in [4.69, 9.17) is 18.4 Å². The van der Waals surface area contributed by atoms with Crippen LogP contribution in [0.4, 0.5) is 0 Å². The number of esters is 1. The Kier molecular flexibility index (Phi) is 9.74. The molecule has 170 valence electrons. The highest BCUT2D eigenvalue weighted by Gasteiger charge is 2.36. The quantitative estimate of drug-likeness (QED) is 0.293. The largest absolute Gasteiger partial charge is 0.460 e. The Morgan fingerprint density at radius 1 is 1.10 bits per heavy atom. The first-order chi connectivity index (χ1) is 14.3. The molecule has 0 heterocycles. The molecule has 0 amide bonds. The van der Waals surface area contributed by atoms with Crippen molar-refractivity contribution in [2.24, 2.45) is 17.8 Å². The van der Waals surface area contributed by atoms with Gasteiger partial charge in [-0.05, 0) is 42.7 Å². The van der Waals surface area contributed by atoms with Gasteiger partial charge in [0.15, 0.2) is 0 Å². The molecule has 7 nitrogen and oxygen atoms in total. The molecule has 1 aromatic rings. The van der Waals surface area contributed by atoms with Gasteiger partial charge in [0.25, 0.3) is 10.1 Å². The number of benzene rings is 1. The molecule has 0 N–H and O–H groups in total. The molecule has 1 aliphatic rings. The maximum atomic E-state index is 13.1. The van der Waals surface area contributed by atoms with Crippen LogP contribution >= 0.6 is 0 Å². The third-order valence-corrected chi connectivity index (χ3v) is 6.88. The summed E-state index contributed by atoms with van der Waals surface area (Å²) in [6.07, 6.45) is 2.30. The van der Waals surface area contributed by atoms with Crippen molar-refractivity contribution in [1.82, 2.24) is 0 Å². The lowest BCUT2D eigenvalue weighted by atomic mass is 9.75. The van der Waals surface area contributed by atoms with Crippen molar-refractivity contribution < 1.29 is 31.6 Å². The van der Waals surface area contributed by atoms with Crippen LogP contribution in [-0.4, -0.2) is 54.0 Å². The van der Waals surface area contributed by atoms with Crippen LogP contribution in [0.15, 0.2) is 29.2 Å². The predicted octanol–water partition coefficient (Wildman–Crippen LogP) is 3.67. The molecule has 1 fully saturated rings. The van der Waals surface area contributed by atoms with E-state index in [-0.39, 0.29) is 29.6 Å². The lowest BCUT2D eigenvalue weighted by molar-refractivity contribution is 0.0209. The minimum Gasteiger partial charge on any atom is -0.460 e. The van der Waals surface area contributed by atoms with Crippen LogP contribution < -0.4 is 0 Å². The Morgan fingerprint density at radius 3 is 2.50 bits per heavy atom. The number of rotatable bonds is 11. The Balaban J connectivity index is 2.09. The molecule has 0 spiro atoms. The smallest absolute Gasteiger partial charge is 0.339 e. The summed E-state index contributed by atoms with van der Waals surface area (Å²) in [5, 5.41) is 0. The molecule has 2 rings (SSSR count). The molecule has 3 atom stereocenters. The van der Waals surface area contributed by atoms with Crippen LogP contribution in [-0.2, 0) is 28.5 Å². The van der Waals surface area contributed by atoms with E-state index in [0.717, 1.165) is 12.8 Å². The minimum absolute atomic E-state index is 0.0212. The fraction of sp³-hybridized carbons (Fsp3) is 0.682. The zero-order valence-electron chi connectivity index (χ0n) is 18.3. The number of hydrogen-bond acceptors (Lipinski definition) is 7. The highest BCUT2D eigenvalue weighted by Crippen LogP contribution is 2.37. The molecule has 0 saturated heterocycles. The van der Waals surface area contributed by atoms with Gasteiger partial charge < -0.3 is 14.2 Å². The van der Waals surface area contributed by atoms with Crippen LogP contribution in [0.3, 0.4) is 0 Å². The van der Waals surface area contributed by atoms with Gasteiger partial charge in [0.05, 0.1) is 31.5 Å². The molecule has 30 heavy (non-hydrogen) atoms. The SMILES string of the molecule is COCCOCCOC(=O)c1ccccc1S(=O)(=O)O[C@H]1C[C@@H](C)CC[C@@H]1C(C)C. The lowest BCUT2D eigenvalue weighted by Crippen LogP contribution is -2.36. The van der Waals surface area contributed by atoms with Crippen molar-refractivity contribution in [1.29, 1.82) is 0 Å². The van der Waals surface area contributed by atoms with E-state index < -0.39 is 22.2 Å². The average Bonchev–Trinajstić information content (AvgIpc) is 2.70. The fourth-order valence-corrected chi connectivity index (χ4v) is 5.12. The first-order valence-corrected chi connectivity index (χ1v) is 11.9. The van der Waals surface area contributed by atoms with E-state index in [2.05, 4.69) is 20.8 Å². The number of carbonyl (C=O) groups excluding carboxylic acids is 1. The number of ether oxygens (including phenoxy) is 3. The van der Waals surface area contributed by atoms with E-state index in [0.29, 0.717) is 31.5 Å². The van der Waals surface area contributed by atoms with Gasteiger partial charge in [0.1, 0.15) is 11.5 Å². The summed E-state index contributed by atoms with van der Waals surface area (Å²) in [5.74, 6) is 0.166. The van der Waals surface area contributed by atoms with Crippen molar-refractivity contribution in [2.45, 2.75) is 51.0 Å². The van der Waals surface area contributed by atoms with Crippen LogP contribution in [0, 0.1) is 17.8 Å². The summed E-state index contributed by atoms with van der Waals surface area (Å²) >= 11 is 0. The van der Waals surface area contributed by atoms with E-state index >= 15 is 0 Å². The summed E-state index contributed by atoms with van der Waals surface area (Å²) in [4.78, 5) is 12.3. The van der Waals surface area contributed by atoms with Gasteiger partial charge in [-0.2, -0.15) is 8.42 Å². The maximum absolute atomic E-state index is 13.1. The molecule has 0 radical (unpaired) electrons. The standard InChI is InChI=1S/C22H34O7S/c1-16(2)18-10-9-17(3)15-20(18)29-30(24,25)21-8-6-5-7-19(21)22(23)28-14-13-27-12-11-26-4/h5-8,16-18,20H,9-15H2,1-4H3/t17-,18+,20-/m0/s1. The molecule has 0 aromatic heterocycles. The maximum Gasteiger partial charge on any atom is 0.339 e. The zero-order chi connectivity index (χ0) is 22.1. The van der Waals surface area contributed by atoms with Crippen molar-refractivity contribution in [2.75, 3.05) is 33.5 Å². The number of carbonyl (C=O) groups is 1. The van der Waals surface area contributed by atoms with Gasteiger partial charge in [0.2, 0.25) is 0 Å². The summed E-state index contributed by atoms with van der Waals surface area (Å²) in [7, 11) is -2.55. The summed E-state index contributed by atoms with van der Waals surface area (Å²) in [6, 6.07) is 6.00. The van der Waals surface area contributed by atoms with Gasteiger partial charge in [-0.25, -0.2) is 4.79 Å². The number of methoxy groups -OCH3 is 1. The third kappa shape index (κ3) is 7.04. The van der Waals surface area contributed by atoms with Gasteiger partial charge in [0, 0.05) is 7.11 Å². The molecule has 1 aliphatic carbocycles. The highest BCUT2D eigenvalue weighted by atomic mass is 32.2. The average molecular weight is 443 g/mol. The Labute approximate surface area is 180 Å². The summed E-state index contributed by atoms with van der Waals surface area (Å²) in [6.45, 7) is 7.35. The van der Waals surface area contributed by atoms with E-state index in [1.165, 1.54) is 12.1 Å². The minimum atomic E-state index is -4.12. The van der Waals surface area contributed by atoms with Crippen LogP contribution in [0.2, 0.25) is 0 Å². The second-order valence-electron chi connectivity index (χ2n) is 8.15. The van der Waals surface area contributed by atoms with Gasteiger partial charge in [-0.1, -0.05) is 39.3 Å². The normalized spacial score (nSPS) is 22.2. The summed E-state index contributed by atoms with van der Waals surface area (Å²) in [5.41, 5.74) is -0.0284. The van der Waals surface area contributed by atoms with Crippen molar-refractivity contribution in [3.05, 3.63) is 29.8 Å². The van der Waals surface area contributed by atoms with E-state index in [1.54, 1.807) is 19.2 Å². The molecule has 1 aromatic carbocycles. The van der Waals surface area contributed by atoms with Crippen molar-refractivity contribution >= 4 is 16.1 Å². The molecule has 0 aliphatic heterocycles. The lowest BCUT2D eigenvalue weighted by Gasteiger charge is -2.36. The van der Waals surface area contributed by atoms with Crippen LogP contribution in [0.25, 0.3) is 0 Å². The second-order valence-corrected chi connectivity index (χ2v) is 9.69. The highest BCUT2D eigenvalue weighted by molar-refractivity contribution is 7.86. The van der Waals surface area contributed by atoms with Crippen LogP contribution in [0.1, 0.15) is 50.4 Å². The van der Waals surface area contributed by atoms with Gasteiger partial charge in [-0.15, -0.1) is 0 Å². The summed E-state index contributed by atoms with van der Waals surface area (Å²) < 4.78 is 47.2. The fourth-order valence-electron chi connectivity index (χ4n) is 3.81. The van der Waals surface area contributed by atoms with Gasteiger partial charge >= 0.3 is 5.97 Å². The van der Waals surface area contributed by atoms with Crippen molar-refractivity contribution in [3.8, 4) is 0 Å². The third-order valence-electron chi connectivity index (χ3n) is 5.48. The van der Waals surface area contributed by atoms with E-state index in [1.807, 2.05) is 0 Å². The van der Waals surface area contributed by atoms with E-state index in [9.17, 15) is 13.2 Å². The first kappa shape index (κ1) is 24.8. The molecule has 0 unspecified atom stereocenters. The first-order valence-electron chi connectivity index (χ1n) is 10.5. The molecular weight excluding hydrogens is 408 g/mol. The second kappa shape index (κ2) is 11.8. The van der Waals surface area contributed by atoms with Crippen LogP contribution in [0.5, 0.6) is 0 Å². The molecular formula is C22H34O7S. The zero-order valence-corrected chi connectivity index (χ0v) is 19.2.